The maximum atomic E-state index is 9.90. The molecule has 0 aromatic heterocycles. The monoisotopic (exact) mass is 388 g/mol. The van der Waals surface area contributed by atoms with Crippen LogP contribution in [0.4, 0.5) is 0 Å². The molecular weight excluding hydrogens is 344 g/mol. The lowest BCUT2D eigenvalue weighted by Crippen LogP contribution is -2.06. The van der Waals surface area contributed by atoms with Gasteiger partial charge in [-0.2, -0.15) is 0 Å². The minimum absolute atomic E-state index is 0.0628. The normalized spacial score (nSPS) is 11.5. The zero-order valence-corrected chi connectivity index (χ0v) is 17.8. The first-order valence-electron chi connectivity index (χ1n) is 11.0. The fraction of sp³-hybridized carbons (Fsp3) is 0.909. The molecule has 0 saturated heterocycles. The third-order valence-corrected chi connectivity index (χ3v) is 4.72. The Morgan fingerprint density at radius 1 is 0.630 bits per heavy atom. The highest BCUT2D eigenvalue weighted by Gasteiger charge is 2.06. The lowest BCUT2D eigenvalue weighted by Gasteiger charge is -2.13. The summed E-state index contributed by atoms with van der Waals surface area (Å²) in [6, 6.07) is 0. The maximum Gasteiger partial charge on any atom is 0.303 e. The van der Waals surface area contributed by atoms with Gasteiger partial charge in [0.1, 0.15) is 0 Å². The van der Waals surface area contributed by atoms with E-state index in [0.29, 0.717) is 25.4 Å². The summed E-state index contributed by atoms with van der Waals surface area (Å²) >= 11 is 0. The van der Waals surface area contributed by atoms with Crippen molar-refractivity contribution in [1.82, 2.24) is 0 Å². The van der Waals surface area contributed by atoms with Gasteiger partial charge in [-0.25, -0.2) is 0 Å². The summed E-state index contributed by atoms with van der Waals surface area (Å²) in [5, 5.41) is 25.6. The minimum Gasteiger partial charge on any atom is -0.481 e. The first kappa shape index (κ1) is 28.1. The van der Waals surface area contributed by atoms with Crippen LogP contribution in [0.3, 0.4) is 0 Å². The van der Waals surface area contributed by atoms with E-state index < -0.39 is 11.9 Å². The molecule has 162 valence electrons. The van der Waals surface area contributed by atoms with Crippen molar-refractivity contribution < 1.29 is 24.9 Å². The Kier molecular flexibility index (Phi) is 23.9. The van der Waals surface area contributed by atoms with Gasteiger partial charge in [0.05, 0.1) is 0 Å². The lowest BCUT2D eigenvalue weighted by molar-refractivity contribution is -0.139. The summed E-state index contributed by atoms with van der Waals surface area (Å²) in [6.45, 7) is 4.92. The summed E-state index contributed by atoms with van der Waals surface area (Å²) < 4.78 is 0. The number of aliphatic hydroxyl groups excluding tert-OH is 1. The highest BCUT2D eigenvalue weighted by atomic mass is 16.4. The second kappa shape index (κ2) is 22.9. The third kappa shape index (κ3) is 27.2. The second-order valence-corrected chi connectivity index (χ2v) is 7.45. The number of aliphatic carboxylic acids is 2. The number of unbranched alkanes of at least 4 members (excludes halogenated alkanes) is 9. The van der Waals surface area contributed by atoms with Gasteiger partial charge in [0, 0.05) is 19.4 Å². The molecule has 0 spiro atoms. The van der Waals surface area contributed by atoms with E-state index in [2.05, 4.69) is 13.8 Å². The van der Waals surface area contributed by atoms with E-state index in [1.165, 1.54) is 77.0 Å². The molecule has 1 atom stereocenters. The molecule has 27 heavy (non-hydrogen) atoms. The predicted octanol–water partition coefficient (Wildman–Crippen LogP) is 6.03. The highest BCUT2D eigenvalue weighted by molar-refractivity contribution is 5.67. The fourth-order valence-corrected chi connectivity index (χ4v) is 2.95. The van der Waals surface area contributed by atoms with Crippen molar-refractivity contribution in [2.75, 3.05) is 6.61 Å². The standard InChI is InChI=1S/C16H34O.C6H10O4/c1-3-5-7-9-10-12-14-16(15-17)13-11-8-6-4-2;7-5(8)3-1-2-4-6(9)10/h16-17H,3-15H2,1-2H3;1-4H2,(H,7,8)(H,9,10). The molecule has 0 aliphatic heterocycles. The number of carboxylic acids is 2. The van der Waals surface area contributed by atoms with E-state index in [9.17, 15) is 14.7 Å². The van der Waals surface area contributed by atoms with Crippen LogP contribution in [0.25, 0.3) is 0 Å². The quantitative estimate of drug-likeness (QED) is 0.249. The van der Waals surface area contributed by atoms with Crippen LogP contribution in [0.2, 0.25) is 0 Å². The molecule has 0 bridgehead atoms. The SMILES string of the molecule is CCCCCCCCC(CO)CCCCCC.O=C(O)CCCCC(=O)O. The van der Waals surface area contributed by atoms with E-state index in [1.54, 1.807) is 0 Å². The molecule has 3 N–H and O–H groups in total. The van der Waals surface area contributed by atoms with Crippen molar-refractivity contribution in [3.8, 4) is 0 Å². The van der Waals surface area contributed by atoms with E-state index >= 15 is 0 Å². The predicted molar refractivity (Wildman–Crippen MR) is 111 cm³/mol. The smallest absolute Gasteiger partial charge is 0.303 e. The van der Waals surface area contributed by atoms with Crippen LogP contribution < -0.4 is 0 Å². The van der Waals surface area contributed by atoms with Crippen LogP contribution in [0.15, 0.2) is 0 Å². The molecule has 0 heterocycles. The molecule has 0 radical (unpaired) electrons. The van der Waals surface area contributed by atoms with Crippen molar-refractivity contribution in [1.29, 1.82) is 0 Å². The molecule has 1 unspecified atom stereocenters. The molecule has 0 fully saturated rings. The number of hydrogen-bond acceptors (Lipinski definition) is 3. The van der Waals surface area contributed by atoms with Crippen molar-refractivity contribution >= 4 is 11.9 Å². The summed E-state index contributed by atoms with van der Waals surface area (Å²) in [6.07, 6.45) is 17.0. The number of carbonyl (C=O) groups is 2. The summed E-state index contributed by atoms with van der Waals surface area (Å²) in [7, 11) is 0. The van der Waals surface area contributed by atoms with E-state index in [0.717, 1.165) is 0 Å². The number of carboxylic acid groups (broad SMARTS) is 2. The maximum absolute atomic E-state index is 9.90. The van der Waals surface area contributed by atoms with Gasteiger partial charge < -0.3 is 15.3 Å². The summed E-state index contributed by atoms with van der Waals surface area (Å²) in [5.41, 5.74) is 0. The van der Waals surface area contributed by atoms with Crippen molar-refractivity contribution in [3.63, 3.8) is 0 Å². The van der Waals surface area contributed by atoms with Gasteiger partial charge in [-0.05, 0) is 31.6 Å². The van der Waals surface area contributed by atoms with Crippen LogP contribution in [-0.2, 0) is 9.59 Å². The second-order valence-electron chi connectivity index (χ2n) is 7.45. The van der Waals surface area contributed by atoms with E-state index in [4.69, 9.17) is 10.2 Å². The van der Waals surface area contributed by atoms with Gasteiger partial charge >= 0.3 is 11.9 Å². The van der Waals surface area contributed by atoms with Crippen LogP contribution >= 0.6 is 0 Å². The zero-order chi connectivity index (χ0) is 20.8. The highest BCUT2D eigenvalue weighted by Crippen LogP contribution is 2.18. The minimum atomic E-state index is -0.870. The van der Waals surface area contributed by atoms with Gasteiger partial charge in [0.15, 0.2) is 0 Å². The van der Waals surface area contributed by atoms with Crippen molar-refractivity contribution in [3.05, 3.63) is 0 Å². The van der Waals surface area contributed by atoms with Gasteiger partial charge in [0.25, 0.3) is 0 Å². The van der Waals surface area contributed by atoms with Gasteiger partial charge in [-0.15, -0.1) is 0 Å². The van der Waals surface area contributed by atoms with E-state index in [1.807, 2.05) is 0 Å². The van der Waals surface area contributed by atoms with Gasteiger partial charge in [0.2, 0.25) is 0 Å². The molecule has 0 saturated carbocycles. The summed E-state index contributed by atoms with van der Waals surface area (Å²) in [4.78, 5) is 19.8. The number of rotatable bonds is 18. The summed E-state index contributed by atoms with van der Waals surface area (Å²) in [5.74, 6) is -1.16. The molecule has 5 heteroatoms. The lowest BCUT2D eigenvalue weighted by atomic mass is 9.95. The average molecular weight is 389 g/mol. The molecule has 0 amide bonds. The third-order valence-electron chi connectivity index (χ3n) is 4.72. The van der Waals surface area contributed by atoms with Crippen LogP contribution in [0, 0.1) is 5.92 Å². The van der Waals surface area contributed by atoms with Crippen LogP contribution in [0.1, 0.15) is 117 Å². The molecule has 0 rings (SSSR count). The first-order chi connectivity index (χ1) is 13.0. The van der Waals surface area contributed by atoms with E-state index in [-0.39, 0.29) is 12.8 Å². The Bertz CT molecular complexity index is 315. The molecular formula is C22H44O5. The van der Waals surface area contributed by atoms with Gasteiger partial charge in [-0.3, -0.25) is 9.59 Å². The Morgan fingerprint density at radius 2 is 1.00 bits per heavy atom. The molecule has 5 nitrogen and oxygen atoms in total. The van der Waals surface area contributed by atoms with Gasteiger partial charge in [-0.1, -0.05) is 78.1 Å². The van der Waals surface area contributed by atoms with Crippen molar-refractivity contribution in [2.45, 2.75) is 117 Å². The van der Waals surface area contributed by atoms with Crippen LogP contribution in [0.5, 0.6) is 0 Å². The average Bonchev–Trinajstić information content (AvgIpc) is 2.63. The number of aliphatic hydroxyl groups is 1. The fourth-order valence-electron chi connectivity index (χ4n) is 2.95. The molecule has 0 aliphatic rings. The molecule has 0 aliphatic carbocycles. The number of hydrogen-bond donors (Lipinski definition) is 3. The largest absolute Gasteiger partial charge is 0.481 e. The first-order valence-corrected chi connectivity index (χ1v) is 11.0. The Balaban J connectivity index is 0. The van der Waals surface area contributed by atoms with Crippen molar-refractivity contribution in [2.24, 2.45) is 5.92 Å². The Morgan fingerprint density at radius 3 is 1.37 bits per heavy atom. The topological polar surface area (TPSA) is 94.8 Å². The Labute approximate surface area is 166 Å². The zero-order valence-electron chi connectivity index (χ0n) is 17.8. The molecule has 0 aromatic rings. The van der Waals surface area contributed by atoms with Crippen LogP contribution in [-0.4, -0.2) is 33.9 Å². The Hall–Kier alpha value is -1.10. The molecule has 0 aromatic carbocycles.